The van der Waals surface area contributed by atoms with E-state index < -0.39 is 0 Å². The molecule has 2 aromatic rings. The lowest BCUT2D eigenvalue weighted by Crippen LogP contribution is -2.38. The van der Waals surface area contributed by atoms with Crippen LogP contribution in [0.4, 0.5) is 5.82 Å². The molecule has 0 spiro atoms. The Balaban J connectivity index is 1.50. The zero-order valence-corrected chi connectivity index (χ0v) is 12.7. The molecule has 2 atom stereocenters. The van der Waals surface area contributed by atoms with Gasteiger partial charge >= 0.3 is 0 Å². The van der Waals surface area contributed by atoms with Crippen LogP contribution in [-0.2, 0) is 0 Å². The highest BCUT2D eigenvalue weighted by Crippen LogP contribution is 2.48. The Morgan fingerprint density at radius 3 is 2.45 bits per heavy atom. The first-order chi connectivity index (χ1) is 10.8. The Labute approximate surface area is 130 Å². The standard InChI is InChI=1S/C17H21N5/c1-2-19-22(3-1)17-10-18-9-16(20-17)21-11-14-5-12-4-13(6-14)8-15(21)7-12/h1-3,9-10,12-15H,4-8,11H2. The van der Waals surface area contributed by atoms with Crippen molar-refractivity contribution >= 4 is 5.82 Å². The van der Waals surface area contributed by atoms with Gasteiger partial charge in [-0.2, -0.15) is 5.10 Å². The van der Waals surface area contributed by atoms with E-state index in [2.05, 4.69) is 15.0 Å². The van der Waals surface area contributed by atoms with Crippen molar-refractivity contribution in [2.24, 2.45) is 17.8 Å². The van der Waals surface area contributed by atoms with Gasteiger partial charge in [-0.15, -0.1) is 0 Å². The van der Waals surface area contributed by atoms with Crippen molar-refractivity contribution in [3.05, 3.63) is 30.9 Å². The predicted molar refractivity (Wildman–Crippen MR) is 83.8 cm³/mol. The summed E-state index contributed by atoms with van der Waals surface area (Å²) in [7, 11) is 0. The van der Waals surface area contributed by atoms with Crippen molar-refractivity contribution in [1.29, 1.82) is 0 Å². The Morgan fingerprint density at radius 2 is 1.68 bits per heavy atom. The number of anilines is 1. The minimum atomic E-state index is 0.665. The summed E-state index contributed by atoms with van der Waals surface area (Å²) in [6, 6.07) is 2.58. The highest BCUT2D eigenvalue weighted by Gasteiger charge is 2.43. The lowest BCUT2D eigenvalue weighted by Gasteiger charge is -2.39. The quantitative estimate of drug-likeness (QED) is 0.854. The molecule has 4 aliphatic rings. The van der Waals surface area contributed by atoms with Gasteiger partial charge in [0.05, 0.1) is 12.4 Å². The maximum Gasteiger partial charge on any atom is 0.173 e. The van der Waals surface area contributed by atoms with Gasteiger partial charge < -0.3 is 4.90 Å². The summed E-state index contributed by atoms with van der Waals surface area (Å²) in [5.74, 6) is 4.61. The highest BCUT2D eigenvalue weighted by molar-refractivity contribution is 5.41. The largest absolute Gasteiger partial charge is 0.352 e. The molecule has 4 bridgehead atoms. The predicted octanol–water partition coefficient (Wildman–Crippen LogP) is 2.68. The molecule has 4 fully saturated rings. The van der Waals surface area contributed by atoms with Crippen LogP contribution in [0.1, 0.15) is 32.1 Å². The van der Waals surface area contributed by atoms with Gasteiger partial charge in [0.15, 0.2) is 5.82 Å². The number of rotatable bonds is 2. The highest BCUT2D eigenvalue weighted by atomic mass is 15.3. The third-order valence-corrected chi connectivity index (χ3v) is 5.75. The third-order valence-electron chi connectivity index (χ3n) is 5.75. The molecular formula is C17H21N5. The summed E-state index contributed by atoms with van der Waals surface area (Å²) in [5, 5.41) is 4.27. The lowest BCUT2D eigenvalue weighted by molar-refractivity contribution is 0.157. The fourth-order valence-corrected chi connectivity index (χ4v) is 5.06. The van der Waals surface area contributed by atoms with Crippen molar-refractivity contribution in [2.45, 2.75) is 38.1 Å². The molecule has 2 saturated heterocycles. The Bertz CT molecular complexity index is 653. The molecule has 114 valence electrons. The average molecular weight is 295 g/mol. The second kappa shape index (κ2) is 4.80. The van der Waals surface area contributed by atoms with Crippen LogP contribution in [0.15, 0.2) is 30.9 Å². The summed E-state index contributed by atoms with van der Waals surface area (Å²) in [5.41, 5.74) is 0. The van der Waals surface area contributed by atoms with Crippen molar-refractivity contribution in [3.63, 3.8) is 0 Å². The van der Waals surface area contributed by atoms with Crippen LogP contribution in [-0.4, -0.2) is 32.3 Å². The fourth-order valence-electron chi connectivity index (χ4n) is 5.06. The zero-order valence-electron chi connectivity index (χ0n) is 12.7. The van der Waals surface area contributed by atoms with E-state index in [1.165, 1.54) is 32.1 Å². The molecule has 2 saturated carbocycles. The van der Waals surface area contributed by atoms with E-state index >= 15 is 0 Å². The van der Waals surface area contributed by atoms with Crippen molar-refractivity contribution in [3.8, 4) is 5.82 Å². The van der Waals surface area contributed by atoms with Crippen LogP contribution in [0.2, 0.25) is 0 Å². The Hall–Kier alpha value is -1.91. The van der Waals surface area contributed by atoms with E-state index in [0.29, 0.717) is 6.04 Å². The van der Waals surface area contributed by atoms with E-state index in [-0.39, 0.29) is 0 Å². The van der Waals surface area contributed by atoms with Crippen LogP contribution in [0.25, 0.3) is 5.82 Å². The smallest absolute Gasteiger partial charge is 0.173 e. The van der Waals surface area contributed by atoms with Gasteiger partial charge in [-0.25, -0.2) is 9.67 Å². The first-order valence-corrected chi connectivity index (χ1v) is 8.44. The summed E-state index contributed by atoms with van der Waals surface area (Å²) in [6.07, 6.45) is 14.4. The number of fused-ring (bicyclic) bond motifs is 1. The molecule has 0 aromatic carbocycles. The average Bonchev–Trinajstić information content (AvgIpc) is 2.99. The molecule has 2 aliphatic heterocycles. The molecule has 6 rings (SSSR count). The summed E-state index contributed by atoms with van der Waals surface area (Å²) < 4.78 is 1.79. The minimum absolute atomic E-state index is 0.665. The molecule has 5 nitrogen and oxygen atoms in total. The van der Waals surface area contributed by atoms with Crippen molar-refractivity contribution in [2.75, 3.05) is 11.4 Å². The van der Waals surface area contributed by atoms with Crippen LogP contribution in [0.3, 0.4) is 0 Å². The number of hydrogen-bond acceptors (Lipinski definition) is 4. The monoisotopic (exact) mass is 295 g/mol. The minimum Gasteiger partial charge on any atom is -0.352 e. The first-order valence-electron chi connectivity index (χ1n) is 8.44. The van der Waals surface area contributed by atoms with Crippen LogP contribution < -0.4 is 4.90 Å². The van der Waals surface area contributed by atoms with Gasteiger partial charge in [-0.05, 0) is 55.9 Å². The Morgan fingerprint density at radius 1 is 0.909 bits per heavy atom. The van der Waals surface area contributed by atoms with E-state index in [4.69, 9.17) is 4.98 Å². The molecule has 2 aliphatic carbocycles. The van der Waals surface area contributed by atoms with E-state index in [1.807, 2.05) is 18.5 Å². The SMILES string of the molecule is c1cnn(-c2cncc(N3CC4CC5CC(C4)CC3C5)n2)c1. The molecule has 5 heteroatoms. The number of nitrogens with zero attached hydrogens (tertiary/aromatic N) is 5. The molecule has 0 N–H and O–H groups in total. The Kier molecular flexibility index (Phi) is 2.75. The van der Waals surface area contributed by atoms with Crippen LogP contribution >= 0.6 is 0 Å². The van der Waals surface area contributed by atoms with Gasteiger partial charge in [0.1, 0.15) is 5.82 Å². The van der Waals surface area contributed by atoms with Crippen molar-refractivity contribution in [1.82, 2.24) is 19.7 Å². The molecule has 2 unspecified atom stereocenters. The first kappa shape index (κ1) is 12.6. The molecular weight excluding hydrogens is 274 g/mol. The normalized spacial score (nSPS) is 33.2. The molecule has 22 heavy (non-hydrogen) atoms. The van der Waals surface area contributed by atoms with E-state index in [0.717, 1.165) is 35.9 Å². The van der Waals surface area contributed by atoms with Crippen molar-refractivity contribution < 1.29 is 0 Å². The maximum absolute atomic E-state index is 4.84. The maximum atomic E-state index is 4.84. The molecule has 0 radical (unpaired) electrons. The van der Waals surface area contributed by atoms with Gasteiger partial charge in [0.2, 0.25) is 0 Å². The summed E-state index contributed by atoms with van der Waals surface area (Å²) in [4.78, 5) is 11.8. The second-order valence-corrected chi connectivity index (χ2v) is 7.27. The molecule has 4 heterocycles. The zero-order chi connectivity index (χ0) is 14.5. The van der Waals surface area contributed by atoms with E-state index in [9.17, 15) is 0 Å². The number of aromatic nitrogens is 4. The second-order valence-electron chi connectivity index (χ2n) is 7.27. The van der Waals surface area contributed by atoms with Crippen LogP contribution in [0, 0.1) is 17.8 Å². The molecule has 2 aromatic heterocycles. The van der Waals surface area contributed by atoms with Gasteiger partial charge in [-0.3, -0.25) is 4.98 Å². The fraction of sp³-hybridized carbons (Fsp3) is 0.588. The van der Waals surface area contributed by atoms with Gasteiger partial charge in [0.25, 0.3) is 0 Å². The lowest BCUT2D eigenvalue weighted by atomic mass is 9.68. The third kappa shape index (κ3) is 2.02. The van der Waals surface area contributed by atoms with Crippen LogP contribution in [0.5, 0.6) is 0 Å². The molecule has 0 amide bonds. The van der Waals surface area contributed by atoms with Gasteiger partial charge in [0, 0.05) is 25.0 Å². The topological polar surface area (TPSA) is 46.8 Å². The number of hydrogen-bond donors (Lipinski definition) is 0. The van der Waals surface area contributed by atoms with E-state index in [1.54, 1.807) is 17.1 Å². The van der Waals surface area contributed by atoms with Gasteiger partial charge in [-0.1, -0.05) is 0 Å². The summed E-state index contributed by atoms with van der Waals surface area (Å²) in [6.45, 7) is 1.16. The summed E-state index contributed by atoms with van der Waals surface area (Å²) >= 11 is 0.